The Morgan fingerprint density at radius 2 is 2.19 bits per heavy atom. The Morgan fingerprint density at radius 3 is 2.69 bits per heavy atom. The van der Waals surface area contributed by atoms with Crippen LogP contribution in [-0.2, 0) is 0 Å². The molecule has 4 heteroatoms. The number of anilines is 1. The van der Waals surface area contributed by atoms with Gasteiger partial charge in [-0.1, -0.05) is 0 Å². The van der Waals surface area contributed by atoms with E-state index in [4.69, 9.17) is 15.7 Å². The van der Waals surface area contributed by atoms with Gasteiger partial charge in [-0.2, -0.15) is 5.26 Å². The molecule has 0 heterocycles. The molecule has 0 saturated heterocycles. The van der Waals surface area contributed by atoms with Gasteiger partial charge in [-0.25, -0.2) is 0 Å². The number of nitriles is 1. The Bertz CT molecular complexity index is 407. The molecule has 3 N–H and O–H groups in total. The first-order chi connectivity index (χ1) is 7.52. The quantitative estimate of drug-likeness (QED) is 0.808. The van der Waals surface area contributed by atoms with Crippen LogP contribution in [-0.4, -0.2) is 19.2 Å². The maximum absolute atomic E-state index is 8.99. The van der Waals surface area contributed by atoms with E-state index in [1.54, 1.807) is 25.3 Å². The minimum atomic E-state index is -0.252. The van der Waals surface area contributed by atoms with Crippen molar-refractivity contribution in [1.29, 1.82) is 5.26 Å². The average molecular weight is 219 g/mol. The summed E-state index contributed by atoms with van der Waals surface area (Å²) < 4.78 is 5.12. The zero-order chi connectivity index (χ0) is 12.2. The van der Waals surface area contributed by atoms with E-state index >= 15 is 0 Å². The summed E-state index contributed by atoms with van der Waals surface area (Å²) in [6.45, 7) is 4.44. The van der Waals surface area contributed by atoms with Gasteiger partial charge in [0, 0.05) is 18.2 Å². The molecule has 0 aliphatic rings. The zero-order valence-electron chi connectivity index (χ0n) is 9.87. The first-order valence-electron chi connectivity index (χ1n) is 5.09. The molecule has 0 radical (unpaired) electrons. The number of methoxy groups -OCH3 is 1. The highest BCUT2D eigenvalue weighted by Gasteiger charge is 2.16. The van der Waals surface area contributed by atoms with Crippen molar-refractivity contribution in [2.75, 3.05) is 19.0 Å². The zero-order valence-corrected chi connectivity index (χ0v) is 9.87. The number of ether oxygens (including phenoxy) is 1. The molecule has 0 amide bonds. The number of hydrogen-bond donors (Lipinski definition) is 2. The van der Waals surface area contributed by atoms with Crippen molar-refractivity contribution in [3.63, 3.8) is 0 Å². The molecule has 0 bridgehead atoms. The van der Waals surface area contributed by atoms with Gasteiger partial charge in [0.25, 0.3) is 0 Å². The fourth-order valence-electron chi connectivity index (χ4n) is 1.27. The number of rotatable bonds is 4. The lowest BCUT2D eigenvalue weighted by Gasteiger charge is -2.26. The van der Waals surface area contributed by atoms with E-state index in [2.05, 4.69) is 11.4 Å². The highest BCUT2D eigenvalue weighted by molar-refractivity contribution is 5.61. The average Bonchev–Trinajstić information content (AvgIpc) is 2.28. The van der Waals surface area contributed by atoms with Crippen LogP contribution in [0.4, 0.5) is 5.69 Å². The van der Waals surface area contributed by atoms with E-state index in [9.17, 15) is 0 Å². The first kappa shape index (κ1) is 12.3. The lowest BCUT2D eigenvalue weighted by Crippen LogP contribution is -2.39. The summed E-state index contributed by atoms with van der Waals surface area (Å²) in [7, 11) is 1.60. The van der Waals surface area contributed by atoms with Crippen molar-refractivity contribution < 1.29 is 4.74 Å². The molecular weight excluding hydrogens is 202 g/mol. The molecule has 0 atom stereocenters. The van der Waals surface area contributed by atoms with Crippen LogP contribution in [0.3, 0.4) is 0 Å². The van der Waals surface area contributed by atoms with E-state index in [0.717, 1.165) is 5.69 Å². The third-order valence-corrected chi connectivity index (χ3v) is 2.33. The third kappa shape index (κ3) is 2.88. The Labute approximate surface area is 96.0 Å². The monoisotopic (exact) mass is 219 g/mol. The van der Waals surface area contributed by atoms with Crippen LogP contribution in [0.25, 0.3) is 0 Å². The molecule has 0 fully saturated rings. The van der Waals surface area contributed by atoms with Gasteiger partial charge < -0.3 is 15.8 Å². The minimum absolute atomic E-state index is 0.252. The van der Waals surface area contributed by atoms with Crippen LogP contribution in [0.2, 0.25) is 0 Å². The SMILES string of the molecule is COc1ccc(C#N)c(NC(C)(C)CN)c1. The fraction of sp³-hybridized carbons (Fsp3) is 0.417. The molecule has 0 aliphatic carbocycles. The summed E-state index contributed by atoms with van der Waals surface area (Å²) in [5, 5.41) is 12.2. The minimum Gasteiger partial charge on any atom is -0.497 e. The smallest absolute Gasteiger partial charge is 0.121 e. The summed E-state index contributed by atoms with van der Waals surface area (Å²) >= 11 is 0. The number of nitrogens with one attached hydrogen (secondary N) is 1. The van der Waals surface area contributed by atoms with Gasteiger partial charge in [-0.3, -0.25) is 0 Å². The van der Waals surface area contributed by atoms with Gasteiger partial charge in [-0.05, 0) is 26.0 Å². The van der Waals surface area contributed by atoms with Gasteiger partial charge in [0.05, 0.1) is 18.4 Å². The molecule has 4 nitrogen and oxygen atoms in total. The Hall–Kier alpha value is -1.73. The Balaban J connectivity index is 3.06. The molecular formula is C12H17N3O. The third-order valence-electron chi connectivity index (χ3n) is 2.33. The van der Waals surface area contributed by atoms with Gasteiger partial charge in [0.2, 0.25) is 0 Å². The molecule has 16 heavy (non-hydrogen) atoms. The Kier molecular flexibility index (Phi) is 3.75. The van der Waals surface area contributed by atoms with Crippen molar-refractivity contribution in [3.8, 4) is 11.8 Å². The summed E-state index contributed by atoms with van der Waals surface area (Å²) in [5.41, 5.74) is 6.72. The van der Waals surface area contributed by atoms with Crippen molar-refractivity contribution in [3.05, 3.63) is 23.8 Å². The van der Waals surface area contributed by atoms with Crippen LogP contribution in [0, 0.1) is 11.3 Å². The molecule has 1 aromatic carbocycles. The molecule has 1 aromatic rings. The van der Waals surface area contributed by atoms with Crippen molar-refractivity contribution >= 4 is 5.69 Å². The fourth-order valence-corrected chi connectivity index (χ4v) is 1.27. The summed E-state index contributed by atoms with van der Waals surface area (Å²) in [6.07, 6.45) is 0. The van der Waals surface area contributed by atoms with Gasteiger partial charge in [-0.15, -0.1) is 0 Å². The molecule has 0 saturated carbocycles. The number of hydrogen-bond acceptors (Lipinski definition) is 4. The molecule has 86 valence electrons. The van der Waals surface area contributed by atoms with Gasteiger partial charge in [0.15, 0.2) is 0 Å². The number of nitrogens with zero attached hydrogens (tertiary/aromatic N) is 1. The molecule has 0 unspecified atom stereocenters. The van der Waals surface area contributed by atoms with E-state index in [1.807, 2.05) is 13.8 Å². The van der Waals surface area contributed by atoms with Crippen molar-refractivity contribution in [2.45, 2.75) is 19.4 Å². The van der Waals surface area contributed by atoms with Crippen LogP contribution in [0.15, 0.2) is 18.2 Å². The van der Waals surface area contributed by atoms with Crippen LogP contribution in [0.5, 0.6) is 5.75 Å². The van der Waals surface area contributed by atoms with Crippen molar-refractivity contribution in [1.82, 2.24) is 0 Å². The molecule has 0 aliphatic heterocycles. The summed E-state index contributed by atoms with van der Waals surface area (Å²) in [6, 6.07) is 7.43. The maximum Gasteiger partial charge on any atom is 0.121 e. The van der Waals surface area contributed by atoms with Crippen LogP contribution >= 0.6 is 0 Å². The largest absolute Gasteiger partial charge is 0.497 e. The molecule has 0 aromatic heterocycles. The second-order valence-electron chi connectivity index (χ2n) is 4.24. The van der Waals surface area contributed by atoms with Crippen LogP contribution in [0.1, 0.15) is 19.4 Å². The van der Waals surface area contributed by atoms with E-state index in [-0.39, 0.29) is 5.54 Å². The number of nitrogens with two attached hydrogens (primary N) is 1. The Morgan fingerprint density at radius 1 is 1.50 bits per heavy atom. The number of benzene rings is 1. The topological polar surface area (TPSA) is 71.1 Å². The van der Waals surface area contributed by atoms with Gasteiger partial charge >= 0.3 is 0 Å². The standard InChI is InChI=1S/C12H17N3O/c1-12(2,8-14)15-11-6-10(16-3)5-4-9(11)7-13/h4-6,15H,8,14H2,1-3H3. The summed E-state index contributed by atoms with van der Waals surface area (Å²) in [5.74, 6) is 0.717. The second-order valence-corrected chi connectivity index (χ2v) is 4.24. The van der Waals surface area contributed by atoms with Crippen LogP contribution < -0.4 is 15.8 Å². The van der Waals surface area contributed by atoms with E-state index in [0.29, 0.717) is 17.9 Å². The molecule has 0 spiro atoms. The highest BCUT2D eigenvalue weighted by Crippen LogP contribution is 2.24. The summed E-state index contributed by atoms with van der Waals surface area (Å²) in [4.78, 5) is 0. The second kappa shape index (κ2) is 4.86. The normalized spacial score (nSPS) is 10.7. The molecule has 1 rings (SSSR count). The van der Waals surface area contributed by atoms with Gasteiger partial charge in [0.1, 0.15) is 11.8 Å². The highest BCUT2D eigenvalue weighted by atomic mass is 16.5. The first-order valence-corrected chi connectivity index (χ1v) is 5.09. The maximum atomic E-state index is 8.99. The van der Waals surface area contributed by atoms with Crippen molar-refractivity contribution in [2.24, 2.45) is 5.73 Å². The lowest BCUT2D eigenvalue weighted by atomic mass is 10.0. The lowest BCUT2D eigenvalue weighted by molar-refractivity contribution is 0.415. The predicted molar refractivity (Wildman–Crippen MR) is 64.5 cm³/mol. The predicted octanol–water partition coefficient (Wildman–Crippen LogP) is 1.72. The van der Waals surface area contributed by atoms with E-state index in [1.165, 1.54) is 0 Å². The van der Waals surface area contributed by atoms with E-state index < -0.39 is 0 Å².